The molecule has 0 aromatic heterocycles. The molecule has 1 amide bonds. The predicted octanol–water partition coefficient (Wildman–Crippen LogP) is 1.28. The lowest BCUT2D eigenvalue weighted by Gasteiger charge is -2.15. The highest BCUT2D eigenvalue weighted by molar-refractivity contribution is 5.75. The van der Waals surface area contributed by atoms with Crippen molar-refractivity contribution in [2.24, 2.45) is 0 Å². The van der Waals surface area contributed by atoms with Crippen LogP contribution < -0.4 is 0 Å². The Bertz CT molecular complexity index is 126. The van der Waals surface area contributed by atoms with Crippen molar-refractivity contribution in [2.75, 3.05) is 27.3 Å². The molecule has 0 aliphatic rings. The molecule has 0 aliphatic carbocycles. The smallest absolute Gasteiger partial charge is 0.222 e. The van der Waals surface area contributed by atoms with E-state index in [1.165, 1.54) is 0 Å². The van der Waals surface area contributed by atoms with E-state index in [2.05, 4.69) is 6.92 Å². The Morgan fingerprint density at radius 3 is 2.67 bits per heavy atom. The van der Waals surface area contributed by atoms with Gasteiger partial charge in [-0.3, -0.25) is 4.79 Å². The van der Waals surface area contributed by atoms with Crippen molar-refractivity contribution in [2.45, 2.75) is 26.2 Å². The zero-order valence-electron chi connectivity index (χ0n) is 8.30. The van der Waals surface area contributed by atoms with Gasteiger partial charge >= 0.3 is 0 Å². The molecule has 72 valence electrons. The Balaban J connectivity index is 3.43. The van der Waals surface area contributed by atoms with E-state index in [0.29, 0.717) is 13.0 Å². The lowest BCUT2D eigenvalue weighted by molar-refractivity contribution is -0.130. The number of carbonyl (C=O) groups is 1. The van der Waals surface area contributed by atoms with Gasteiger partial charge in [-0.25, -0.2) is 0 Å². The van der Waals surface area contributed by atoms with E-state index in [1.54, 1.807) is 12.0 Å². The number of carbonyl (C=O) groups excluding carboxylic acids is 1. The molecule has 0 saturated carbocycles. The number of rotatable bonds is 6. The summed E-state index contributed by atoms with van der Waals surface area (Å²) in [4.78, 5) is 13.1. The Labute approximate surface area is 74.7 Å². The molecule has 3 heteroatoms. The third kappa shape index (κ3) is 5.13. The van der Waals surface area contributed by atoms with Gasteiger partial charge in [-0.1, -0.05) is 6.92 Å². The Morgan fingerprint density at radius 2 is 2.17 bits per heavy atom. The molecule has 0 saturated heterocycles. The second-order valence-corrected chi connectivity index (χ2v) is 2.91. The van der Waals surface area contributed by atoms with E-state index in [1.807, 2.05) is 7.05 Å². The third-order valence-corrected chi connectivity index (χ3v) is 1.72. The van der Waals surface area contributed by atoms with Gasteiger partial charge in [0.1, 0.15) is 0 Å². The highest BCUT2D eigenvalue weighted by Gasteiger charge is 2.05. The van der Waals surface area contributed by atoms with Crippen LogP contribution in [-0.4, -0.2) is 38.1 Å². The Hall–Kier alpha value is -0.570. The molecule has 0 aromatic carbocycles. The molecule has 0 unspecified atom stereocenters. The third-order valence-electron chi connectivity index (χ3n) is 1.72. The van der Waals surface area contributed by atoms with Crippen molar-refractivity contribution in [1.29, 1.82) is 0 Å². The maximum Gasteiger partial charge on any atom is 0.222 e. The van der Waals surface area contributed by atoms with Gasteiger partial charge in [-0.15, -0.1) is 0 Å². The van der Waals surface area contributed by atoms with Gasteiger partial charge < -0.3 is 9.64 Å². The molecule has 0 N–H and O–H groups in total. The fraction of sp³-hybridized carbons (Fsp3) is 0.889. The number of hydrogen-bond donors (Lipinski definition) is 0. The molecule has 0 aliphatic heterocycles. The van der Waals surface area contributed by atoms with Crippen LogP contribution in [-0.2, 0) is 9.53 Å². The maximum atomic E-state index is 11.3. The van der Waals surface area contributed by atoms with Crippen molar-refractivity contribution < 1.29 is 9.53 Å². The number of ether oxygens (including phenoxy) is 1. The van der Waals surface area contributed by atoms with Crippen molar-refractivity contribution >= 4 is 5.91 Å². The summed E-state index contributed by atoms with van der Waals surface area (Å²) >= 11 is 0. The zero-order chi connectivity index (χ0) is 9.40. The molecule has 0 fully saturated rings. The van der Waals surface area contributed by atoms with E-state index in [0.717, 1.165) is 19.4 Å². The molecule has 0 heterocycles. The van der Waals surface area contributed by atoms with Gasteiger partial charge in [-0.05, 0) is 12.8 Å². The second-order valence-electron chi connectivity index (χ2n) is 2.91. The molecular formula is C9H19NO2. The molecule has 0 atom stereocenters. The largest absolute Gasteiger partial charge is 0.385 e. The SMILES string of the molecule is CCCN(C)C(=O)CCCOC. The van der Waals surface area contributed by atoms with Crippen LogP contribution in [0.4, 0.5) is 0 Å². The van der Waals surface area contributed by atoms with Crippen LogP contribution in [0.1, 0.15) is 26.2 Å². The van der Waals surface area contributed by atoms with Crippen molar-refractivity contribution in [3.63, 3.8) is 0 Å². The van der Waals surface area contributed by atoms with Gasteiger partial charge in [-0.2, -0.15) is 0 Å². The highest BCUT2D eigenvalue weighted by Crippen LogP contribution is 1.96. The minimum atomic E-state index is 0.217. The first-order chi connectivity index (χ1) is 5.72. The summed E-state index contributed by atoms with van der Waals surface area (Å²) in [7, 11) is 3.50. The lowest BCUT2D eigenvalue weighted by atomic mass is 10.3. The zero-order valence-corrected chi connectivity index (χ0v) is 8.30. The topological polar surface area (TPSA) is 29.5 Å². The van der Waals surface area contributed by atoms with Crippen LogP contribution in [0.5, 0.6) is 0 Å². The minimum absolute atomic E-state index is 0.217. The normalized spacial score (nSPS) is 9.92. The molecule has 0 aromatic rings. The van der Waals surface area contributed by atoms with E-state index < -0.39 is 0 Å². The predicted molar refractivity (Wildman–Crippen MR) is 49.0 cm³/mol. The summed E-state index contributed by atoms with van der Waals surface area (Å²) in [6.45, 7) is 3.59. The van der Waals surface area contributed by atoms with Gasteiger partial charge in [0.25, 0.3) is 0 Å². The Morgan fingerprint density at radius 1 is 1.50 bits per heavy atom. The van der Waals surface area contributed by atoms with Gasteiger partial charge in [0, 0.05) is 33.7 Å². The first kappa shape index (κ1) is 11.4. The Kier molecular flexibility index (Phi) is 6.76. The quantitative estimate of drug-likeness (QED) is 0.566. The number of hydrogen-bond acceptors (Lipinski definition) is 2. The van der Waals surface area contributed by atoms with Crippen LogP contribution in [0.25, 0.3) is 0 Å². The summed E-state index contributed by atoms with van der Waals surface area (Å²) in [5, 5.41) is 0. The molecule has 0 rings (SSSR count). The van der Waals surface area contributed by atoms with Crippen LogP contribution in [0.15, 0.2) is 0 Å². The molecule has 3 nitrogen and oxygen atoms in total. The average molecular weight is 173 g/mol. The summed E-state index contributed by atoms with van der Waals surface area (Å²) in [6.07, 6.45) is 2.44. The summed E-state index contributed by atoms with van der Waals surface area (Å²) in [5.41, 5.74) is 0. The number of methoxy groups -OCH3 is 1. The first-order valence-corrected chi connectivity index (χ1v) is 4.45. The standard InChI is InChI=1S/C9H19NO2/c1-4-7-10(2)9(11)6-5-8-12-3/h4-8H2,1-3H3. The van der Waals surface area contributed by atoms with Crippen molar-refractivity contribution in [3.8, 4) is 0 Å². The van der Waals surface area contributed by atoms with E-state index in [-0.39, 0.29) is 5.91 Å². The monoisotopic (exact) mass is 173 g/mol. The van der Waals surface area contributed by atoms with Crippen LogP contribution in [0.3, 0.4) is 0 Å². The maximum absolute atomic E-state index is 11.3. The van der Waals surface area contributed by atoms with E-state index in [9.17, 15) is 4.79 Å². The first-order valence-electron chi connectivity index (χ1n) is 4.45. The fourth-order valence-electron chi connectivity index (χ4n) is 1.02. The molecule has 0 bridgehead atoms. The van der Waals surface area contributed by atoms with Crippen LogP contribution in [0.2, 0.25) is 0 Å². The summed E-state index contributed by atoms with van der Waals surface area (Å²) in [5.74, 6) is 0.217. The fourth-order valence-corrected chi connectivity index (χ4v) is 1.02. The lowest BCUT2D eigenvalue weighted by Crippen LogP contribution is -2.27. The van der Waals surface area contributed by atoms with E-state index in [4.69, 9.17) is 4.74 Å². The van der Waals surface area contributed by atoms with Crippen molar-refractivity contribution in [1.82, 2.24) is 4.90 Å². The van der Waals surface area contributed by atoms with E-state index >= 15 is 0 Å². The number of amides is 1. The van der Waals surface area contributed by atoms with Gasteiger partial charge in [0.2, 0.25) is 5.91 Å². The second kappa shape index (κ2) is 7.10. The molecular weight excluding hydrogens is 154 g/mol. The highest BCUT2D eigenvalue weighted by atomic mass is 16.5. The molecule has 0 spiro atoms. The van der Waals surface area contributed by atoms with Gasteiger partial charge in [0.05, 0.1) is 0 Å². The summed E-state index contributed by atoms with van der Waals surface area (Å²) < 4.78 is 4.86. The van der Waals surface area contributed by atoms with Crippen molar-refractivity contribution in [3.05, 3.63) is 0 Å². The van der Waals surface area contributed by atoms with Crippen LogP contribution in [0, 0.1) is 0 Å². The summed E-state index contributed by atoms with van der Waals surface area (Å²) in [6, 6.07) is 0. The van der Waals surface area contributed by atoms with Gasteiger partial charge in [0.15, 0.2) is 0 Å². The number of nitrogens with zero attached hydrogens (tertiary/aromatic N) is 1. The minimum Gasteiger partial charge on any atom is -0.385 e. The molecule has 0 radical (unpaired) electrons. The van der Waals surface area contributed by atoms with Crippen LogP contribution >= 0.6 is 0 Å². The average Bonchev–Trinajstić information content (AvgIpc) is 2.05. The molecule has 12 heavy (non-hydrogen) atoms.